The molecule has 0 aliphatic carbocycles. The summed E-state index contributed by atoms with van der Waals surface area (Å²) < 4.78 is 43.3. The Morgan fingerprint density at radius 3 is 2.34 bits per heavy atom. The van der Waals surface area contributed by atoms with Gasteiger partial charge in [-0.25, -0.2) is 14.4 Å². The zero-order valence-electron chi connectivity index (χ0n) is 22.9. The predicted molar refractivity (Wildman–Crippen MR) is 146 cm³/mol. The van der Waals surface area contributed by atoms with Crippen molar-refractivity contribution < 1.29 is 61.9 Å². The average Bonchev–Trinajstić information content (AvgIpc) is 2.94. The lowest BCUT2D eigenvalue weighted by Crippen LogP contribution is -2.42. The van der Waals surface area contributed by atoms with Gasteiger partial charge < -0.3 is 41.2 Å². The number of carboxylic acids is 3. The number of carbonyl (C=O) groups excluding carboxylic acids is 2. The first-order valence-electron chi connectivity index (χ1n) is 12.8. The molecule has 0 radical (unpaired) electrons. The number of alkyl halides is 3. The van der Waals surface area contributed by atoms with Gasteiger partial charge >= 0.3 is 30.1 Å². The first-order valence-corrected chi connectivity index (χ1v) is 12.8. The number of ether oxygens (including phenoxy) is 2. The average molecular weight is 627 g/mol. The van der Waals surface area contributed by atoms with Crippen LogP contribution in [0.15, 0.2) is 36.4 Å². The van der Waals surface area contributed by atoms with E-state index in [0.717, 1.165) is 5.56 Å². The Labute approximate surface area is 247 Å². The Bertz CT molecular complexity index is 1410. The minimum atomic E-state index is -5.08. The van der Waals surface area contributed by atoms with Crippen LogP contribution >= 0.6 is 0 Å². The molecule has 0 spiro atoms. The van der Waals surface area contributed by atoms with Crippen molar-refractivity contribution in [1.82, 2.24) is 5.32 Å². The molecule has 1 amide bonds. The number of aliphatic carboxylic acids is 3. The molecule has 1 heterocycles. The molecule has 238 valence electrons. The number of hydrogen-bond acceptors (Lipinski definition) is 8. The van der Waals surface area contributed by atoms with Crippen molar-refractivity contribution >= 4 is 41.4 Å². The molecule has 1 aliphatic heterocycles. The molecule has 1 atom stereocenters. The maximum atomic E-state index is 13.0. The van der Waals surface area contributed by atoms with E-state index >= 15 is 0 Å². The van der Waals surface area contributed by atoms with Crippen LogP contribution < -0.4 is 25.8 Å². The first kappa shape index (κ1) is 34.8. The highest BCUT2D eigenvalue weighted by atomic mass is 19.4. The van der Waals surface area contributed by atoms with Crippen LogP contribution in [0.3, 0.4) is 0 Å². The zero-order valence-corrected chi connectivity index (χ0v) is 22.9. The van der Waals surface area contributed by atoms with E-state index in [1.807, 2.05) is 0 Å². The highest BCUT2D eigenvalue weighted by molar-refractivity contribution is 5.95. The Hall–Kier alpha value is -5.35. The summed E-state index contributed by atoms with van der Waals surface area (Å²) in [6.45, 7) is 0.328. The topological polar surface area (TPSA) is 238 Å². The number of rotatable bonds is 8. The van der Waals surface area contributed by atoms with E-state index in [1.54, 1.807) is 36.4 Å². The summed E-state index contributed by atoms with van der Waals surface area (Å²) >= 11 is 0. The fourth-order valence-corrected chi connectivity index (χ4v) is 3.87. The zero-order chi connectivity index (χ0) is 33.0. The molecule has 0 saturated carbocycles. The monoisotopic (exact) mass is 626 g/mol. The van der Waals surface area contributed by atoms with Crippen LogP contribution in [0.4, 0.5) is 18.9 Å². The smallest absolute Gasteiger partial charge is 0.489 e. The van der Waals surface area contributed by atoms with Crippen LogP contribution in [0.5, 0.6) is 11.5 Å². The van der Waals surface area contributed by atoms with Crippen LogP contribution in [-0.4, -0.2) is 69.9 Å². The van der Waals surface area contributed by atoms with Gasteiger partial charge in [0.1, 0.15) is 6.04 Å². The molecular formula is C27H29F3N4O10. The third kappa shape index (κ3) is 11.1. The molecule has 2 aromatic carbocycles. The van der Waals surface area contributed by atoms with Crippen molar-refractivity contribution in [3.8, 4) is 11.5 Å². The van der Waals surface area contributed by atoms with Crippen LogP contribution in [-0.2, 0) is 32.0 Å². The number of amides is 1. The van der Waals surface area contributed by atoms with Crippen LogP contribution in [0.2, 0.25) is 0 Å². The predicted octanol–water partition coefficient (Wildman–Crippen LogP) is 2.54. The van der Waals surface area contributed by atoms with Gasteiger partial charge in [0.25, 0.3) is 0 Å². The number of benzene rings is 2. The van der Waals surface area contributed by atoms with Gasteiger partial charge in [-0.1, -0.05) is 12.1 Å². The highest BCUT2D eigenvalue weighted by Crippen LogP contribution is 2.34. The van der Waals surface area contributed by atoms with Gasteiger partial charge in [0.05, 0.1) is 18.6 Å². The number of carboxylic acid groups (broad SMARTS) is 3. The number of nitrogens with two attached hydrogens (primary N) is 1. The van der Waals surface area contributed by atoms with Crippen molar-refractivity contribution in [1.29, 1.82) is 5.41 Å². The number of aryl methyl sites for hydroxylation is 2. The maximum Gasteiger partial charge on any atom is 0.490 e. The van der Waals surface area contributed by atoms with Crippen molar-refractivity contribution in [2.45, 2.75) is 50.7 Å². The van der Waals surface area contributed by atoms with Crippen LogP contribution in [0.1, 0.15) is 47.2 Å². The molecule has 14 nitrogen and oxygen atoms in total. The maximum absolute atomic E-state index is 13.0. The Morgan fingerprint density at radius 2 is 1.75 bits per heavy atom. The largest absolute Gasteiger partial charge is 0.490 e. The molecule has 1 aliphatic rings. The standard InChI is InChI=1S/C25H28N4O8.C2HF3O2/c26-25(27)28-16-8-9-17-15(12-16)4-1-2-11-36-22-14(5-3-6-19(22)37-24(17)35)7-10-20(30)29-18(23(33)34)13-21(31)32;3-2(4,5)1(6)7/h3,5-6,8-9,12,18H,1-2,4,7,10-11,13H2,(H,29,30)(H,31,32)(H,33,34)(H4,26,27,28);(H,6,7)/t18-;/m0./s1. The summed E-state index contributed by atoms with van der Waals surface area (Å²) in [6, 6.07) is 8.37. The van der Waals surface area contributed by atoms with Gasteiger partial charge in [-0.2, -0.15) is 13.2 Å². The number of anilines is 1. The molecule has 3 rings (SSSR count). The van der Waals surface area contributed by atoms with Crippen molar-refractivity contribution in [2.75, 3.05) is 11.9 Å². The fourth-order valence-electron chi connectivity index (χ4n) is 3.87. The van der Waals surface area contributed by atoms with Crippen LogP contribution in [0, 0.1) is 5.41 Å². The number of carbonyl (C=O) groups is 5. The van der Waals surface area contributed by atoms with Gasteiger partial charge in [-0.3, -0.25) is 15.0 Å². The van der Waals surface area contributed by atoms with Gasteiger partial charge in [-0.05, 0) is 61.1 Å². The van der Waals surface area contributed by atoms with E-state index in [2.05, 4.69) is 10.6 Å². The Kier molecular flexibility index (Phi) is 12.5. The van der Waals surface area contributed by atoms with E-state index in [-0.39, 0.29) is 24.6 Å². The van der Waals surface area contributed by atoms with Crippen molar-refractivity contribution in [2.24, 2.45) is 5.73 Å². The normalized spacial score (nSPS) is 13.5. The lowest BCUT2D eigenvalue weighted by molar-refractivity contribution is -0.192. The molecule has 17 heteroatoms. The molecule has 0 saturated heterocycles. The minimum absolute atomic E-state index is 0.133. The Morgan fingerprint density at radius 1 is 1.07 bits per heavy atom. The lowest BCUT2D eigenvalue weighted by atomic mass is 10.0. The first-order chi connectivity index (χ1) is 20.6. The molecule has 0 bridgehead atoms. The minimum Gasteiger partial charge on any atom is -0.489 e. The summed E-state index contributed by atoms with van der Waals surface area (Å²) in [4.78, 5) is 56.3. The van der Waals surface area contributed by atoms with E-state index in [9.17, 15) is 32.3 Å². The molecule has 0 fully saturated rings. The lowest BCUT2D eigenvalue weighted by Gasteiger charge is -2.16. The number of guanidine groups is 1. The summed E-state index contributed by atoms with van der Waals surface area (Å²) in [5, 5.41) is 37.4. The quantitative estimate of drug-likeness (QED) is 0.0968. The van der Waals surface area contributed by atoms with E-state index < -0.39 is 48.4 Å². The SMILES string of the molecule is N=C(N)Nc1ccc2c(c1)CCCCOc1c(CCC(=O)N[C@@H](CC(=O)O)C(=O)O)cccc1OC2=O.O=C(O)C(F)(F)F. The summed E-state index contributed by atoms with van der Waals surface area (Å²) in [6.07, 6.45) is -3.86. The summed E-state index contributed by atoms with van der Waals surface area (Å²) in [5.41, 5.74) is 7.67. The van der Waals surface area contributed by atoms with Gasteiger partial charge in [0.15, 0.2) is 17.5 Å². The van der Waals surface area contributed by atoms with Gasteiger partial charge in [-0.15, -0.1) is 0 Å². The molecular weight excluding hydrogens is 597 g/mol. The van der Waals surface area contributed by atoms with Gasteiger partial charge in [0.2, 0.25) is 5.91 Å². The highest BCUT2D eigenvalue weighted by Gasteiger charge is 2.38. The number of para-hydroxylation sites is 1. The molecule has 8 N–H and O–H groups in total. The molecule has 44 heavy (non-hydrogen) atoms. The second-order valence-corrected chi connectivity index (χ2v) is 9.21. The summed E-state index contributed by atoms with van der Waals surface area (Å²) in [5.74, 6) is -6.51. The van der Waals surface area contributed by atoms with Crippen LogP contribution in [0.25, 0.3) is 0 Å². The fraction of sp³-hybridized carbons (Fsp3) is 0.333. The van der Waals surface area contributed by atoms with Crippen molar-refractivity contribution in [3.05, 3.63) is 53.1 Å². The van der Waals surface area contributed by atoms with E-state index in [4.69, 9.17) is 40.7 Å². The number of fused-ring (bicyclic) bond motifs is 2. The van der Waals surface area contributed by atoms with E-state index in [1.165, 1.54) is 0 Å². The number of hydrogen-bond donors (Lipinski definition) is 7. The third-order valence-corrected chi connectivity index (χ3v) is 5.83. The second-order valence-electron chi connectivity index (χ2n) is 9.21. The second kappa shape index (κ2) is 15.8. The Balaban J connectivity index is 0.000000860. The number of esters is 1. The van der Waals surface area contributed by atoms with Crippen molar-refractivity contribution in [3.63, 3.8) is 0 Å². The molecule has 0 aromatic heterocycles. The molecule has 0 unspecified atom stereocenters. The third-order valence-electron chi connectivity index (χ3n) is 5.83. The number of nitrogens with one attached hydrogen (secondary N) is 3. The number of halogens is 3. The summed E-state index contributed by atoms with van der Waals surface area (Å²) in [7, 11) is 0. The van der Waals surface area contributed by atoms with E-state index in [0.29, 0.717) is 48.4 Å². The molecule has 2 aromatic rings. The van der Waals surface area contributed by atoms with Gasteiger partial charge in [0, 0.05) is 12.1 Å².